The number of hydrogen-bond donors (Lipinski definition) is 3. The number of carbonyl (C=O) groups excluding carboxylic acids is 1. The van der Waals surface area contributed by atoms with Crippen LogP contribution in [-0.4, -0.2) is 38.7 Å². The Morgan fingerprint density at radius 2 is 1.89 bits per heavy atom. The molecule has 0 spiro atoms. The van der Waals surface area contributed by atoms with Crippen LogP contribution in [0.1, 0.15) is 24.0 Å². The third-order valence-electron chi connectivity index (χ3n) is 4.64. The second kappa shape index (κ2) is 7.77. The predicted molar refractivity (Wildman–Crippen MR) is 99.2 cm³/mol. The predicted octanol–water partition coefficient (Wildman–Crippen LogP) is 0.865. The number of sulfonamides is 1. The lowest BCUT2D eigenvalue weighted by molar-refractivity contribution is -0.133. The van der Waals surface area contributed by atoms with Crippen molar-refractivity contribution < 1.29 is 23.1 Å². The van der Waals surface area contributed by atoms with E-state index in [-0.39, 0.29) is 28.7 Å². The van der Waals surface area contributed by atoms with Crippen molar-refractivity contribution in [2.75, 3.05) is 13.2 Å². The highest BCUT2D eigenvalue weighted by atomic mass is 32.2. The van der Waals surface area contributed by atoms with E-state index in [1.807, 2.05) is 0 Å². The van der Waals surface area contributed by atoms with Crippen molar-refractivity contribution in [3.8, 4) is 0 Å². The van der Waals surface area contributed by atoms with Crippen molar-refractivity contribution in [1.29, 1.82) is 0 Å². The number of aliphatic hydroxyl groups is 1. The normalized spacial score (nSPS) is 19.5. The Hall–Kier alpha value is -2.26. The summed E-state index contributed by atoms with van der Waals surface area (Å²) in [4.78, 5) is 12.0. The molecule has 144 valence electrons. The van der Waals surface area contributed by atoms with Gasteiger partial charge in [0.2, 0.25) is 10.0 Å². The lowest BCUT2D eigenvalue weighted by atomic mass is 9.86. The molecule has 0 bridgehead atoms. The molecule has 0 aliphatic carbocycles. The van der Waals surface area contributed by atoms with Gasteiger partial charge in [-0.05, 0) is 36.1 Å². The molecule has 2 atom stereocenters. The van der Waals surface area contributed by atoms with E-state index in [2.05, 4.69) is 4.72 Å². The number of primary amides is 1. The molecule has 0 saturated carbocycles. The third kappa shape index (κ3) is 4.03. The first-order valence-corrected chi connectivity index (χ1v) is 10.1. The molecule has 2 unspecified atom stereocenters. The minimum atomic E-state index is -3.83. The fourth-order valence-corrected chi connectivity index (χ4v) is 4.22. The molecule has 8 heteroatoms. The van der Waals surface area contributed by atoms with Gasteiger partial charge in [0.15, 0.2) is 5.60 Å². The highest BCUT2D eigenvalue weighted by Gasteiger charge is 2.38. The van der Waals surface area contributed by atoms with Crippen molar-refractivity contribution >= 4 is 15.9 Å². The van der Waals surface area contributed by atoms with E-state index in [0.717, 1.165) is 12.8 Å². The van der Waals surface area contributed by atoms with Gasteiger partial charge in [-0.15, -0.1) is 0 Å². The monoisotopic (exact) mass is 390 g/mol. The van der Waals surface area contributed by atoms with Crippen LogP contribution in [0.3, 0.4) is 0 Å². The van der Waals surface area contributed by atoms with Gasteiger partial charge in [0, 0.05) is 13.2 Å². The quantitative estimate of drug-likeness (QED) is 0.648. The smallest absolute Gasteiger partial charge is 0.258 e. The zero-order valence-electron chi connectivity index (χ0n) is 14.7. The van der Waals surface area contributed by atoms with E-state index in [0.29, 0.717) is 6.61 Å². The zero-order valence-corrected chi connectivity index (χ0v) is 15.5. The summed E-state index contributed by atoms with van der Waals surface area (Å²) in [5.74, 6) is -0.990. The number of nitrogens with one attached hydrogen (secondary N) is 1. The molecule has 2 aromatic rings. The number of hydrogen-bond acceptors (Lipinski definition) is 5. The number of nitrogens with two attached hydrogens (primary N) is 1. The van der Waals surface area contributed by atoms with Crippen LogP contribution >= 0.6 is 0 Å². The molecule has 0 radical (unpaired) electrons. The van der Waals surface area contributed by atoms with Gasteiger partial charge >= 0.3 is 0 Å². The fourth-order valence-electron chi connectivity index (χ4n) is 3.11. The molecule has 1 aliphatic heterocycles. The Morgan fingerprint density at radius 1 is 1.19 bits per heavy atom. The van der Waals surface area contributed by atoms with Crippen molar-refractivity contribution in [3.05, 3.63) is 65.7 Å². The number of rotatable bonds is 7. The maximum atomic E-state index is 12.6. The summed E-state index contributed by atoms with van der Waals surface area (Å²) in [6.07, 6.45) is 1.57. The molecule has 1 aliphatic rings. The molecular formula is C19H22N2O5S. The van der Waals surface area contributed by atoms with E-state index >= 15 is 0 Å². The molecular weight excluding hydrogens is 368 g/mol. The number of benzene rings is 2. The molecule has 0 aromatic heterocycles. The van der Waals surface area contributed by atoms with Crippen molar-refractivity contribution in [1.82, 2.24) is 4.72 Å². The minimum absolute atomic E-state index is 0.0615. The van der Waals surface area contributed by atoms with E-state index in [4.69, 9.17) is 10.5 Å². The number of ether oxygens (including phenoxy) is 1. The summed E-state index contributed by atoms with van der Waals surface area (Å²) in [5, 5.41) is 11.0. The van der Waals surface area contributed by atoms with Crippen LogP contribution in [0, 0.1) is 0 Å². The van der Waals surface area contributed by atoms with Crippen LogP contribution in [0.25, 0.3) is 0 Å². The van der Waals surface area contributed by atoms with Gasteiger partial charge in [-0.25, -0.2) is 13.1 Å². The van der Waals surface area contributed by atoms with Gasteiger partial charge in [0.25, 0.3) is 5.91 Å². The maximum Gasteiger partial charge on any atom is 0.258 e. The SMILES string of the molecule is NC(=O)C(O)(c1ccccc1)c1cccc(S(=O)(=O)NCC2CCCO2)c1. The molecule has 1 amide bonds. The van der Waals surface area contributed by atoms with E-state index in [1.165, 1.54) is 24.3 Å². The molecule has 1 saturated heterocycles. The summed E-state index contributed by atoms with van der Waals surface area (Å²) in [7, 11) is -3.83. The lowest BCUT2D eigenvalue weighted by Gasteiger charge is -2.26. The highest BCUT2D eigenvalue weighted by molar-refractivity contribution is 7.89. The standard InChI is InChI=1S/C19H22N2O5S/c20-18(22)19(23,14-6-2-1-3-7-14)15-8-4-10-17(12-15)27(24,25)21-13-16-9-5-11-26-16/h1-4,6-8,10,12,16,21,23H,5,9,11,13H2,(H2,20,22). The molecule has 7 nitrogen and oxygen atoms in total. The topological polar surface area (TPSA) is 119 Å². The van der Waals surface area contributed by atoms with Gasteiger partial charge in [0.1, 0.15) is 0 Å². The van der Waals surface area contributed by atoms with Crippen molar-refractivity contribution in [2.24, 2.45) is 5.73 Å². The zero-order chi connectivity index (χ0) is 19.5. The Balaban J connectivity index is 1.92. The van der Waals surface area contributed by atoms with Crippen molar-refractivity contribution in [3.63, 3.8) is 0 Å². The van der Waals surface area contributed by atoms with Gasteiger partial charge in [-0.1, -0.05) is 42.5 Å². The Labute approximate surface area is 158 Å². The fraction of sp³-hybridized carbons (Fsp3) is 0.316. The summed E-state index contributed by atoms with van der Waals surface area (Å²) in [5.41, 5.74) is 3.68. The lowest BCUT2D eigenvalue weighted by Crippen LogP contribution is -2.42. The van der Waals surface area contributed by atoms with Crippen LogP contribution in [0.15, 0.2) is 59.5 Å². The summed E-state index contributed by atoms with van der Waals surface area (Å²) in [6.45, 7) is 0.802. The van der Waals surface area contributed by atoms with Crippen molar-refractivity contribution in [2.45, 2.75) is 29.4 Å². The van der Waals surface area contributed by atoms with E-state index in [1.54, 1.807) is 30.3 Å². The molecule has 3 rings (SSSR count). The molecule has 1 fully saturated rings. The Morgan fingerprint density at radius 3 is 2.52 bits per heavy atom. The molecule has 2 aromatic carbocycles. The van der Waals surface area contributed by atoms with Gasteiger partial charge in [-0.3, -0.25) is 4.79 Å². The first-order chi connectivity index (χ1) is 12.8. The average Bonchev–Trinajstić information content (AvgIpc) is 3.20. The first-order valence-electron chi connectivity index (χ1n) is 8.63. The largest absolute Gasteiger partial charge is 0.377 e. The van der Waals surface area contributed by atoms with Crippen LogP contribution < -0.4 is 10.5 Å². The maximum absolute atomic E-state index is 12.6. The second-order valence-electron chi connectivity index (χ2n) is 6.46. The Bertz CT molecular complexity index is 911. The summed E-state index contributed by atoms with van der Waals surface area (Å²) >= 11 is 0. The Kier molecular flexibility index (Phi) is 5.61. The average molecular weight is 390 g/mol. The second-order valence-corrected chi connectivity index (χ2v) is 8.22. The van der Waals surface area contributed by atoms with E-state index < -0.39 is 21.5 Å². The molecule has 1 heterocycles. The summed E-state index contributed by atoms with van der Waals surface area (Å²) < 4.78 is 33.2. The molecule has 27 heavy (non-hydrogen) atoms. The highest BCUT2D eigenvalue weighted by Crippen LogP contribution is 2.30. The van der Waals surface area contributed by atoms with Crippen LogP contribution in [0.4, 0.5) is 0 Å². The van der Waals surface area contributed by atoms with Crippen LogP contribution in [0.2, 0.25) is 0 Å². The number of carbonyl (C=O) groups is 1. The third-order valence-corrected chi connectivity index (χ3v) is 6.06. The van der Waals surface area contributed by atoms with Crippen LogP contribution in [0.5, 0.6) is 0 Å². The summed E-state index contributed by atoms with van der Waals surface area (Å²) in [6, 6.07) is 13.8. The number of amides is 1. The van der Waals surface area contributed by atoms with Gasteiger partial charge < -0.3 is 15.6 Å². The van der Waals surface area contributed by atoms with Crippen LogP contribution in [-0.2, 0) is 25.2 Å². The molecule has 4 N–H and O–H groups in total. The van der Waals surface area contributed by atoms with Gasteiger partial charge in [-0.2, -0.15) is 0 Å². The van der Waals surface area contributed by atoms with Gasteiger partial charge in [0.05, 0.1) is 11.0 Å². The first kappa shape index (κ1) is 19.5. The van der Waals surface area contributed by atoms with E-state index in [9.17, 15) is 18.3 Å². The minimum Gasteiger partial charge on any atom is -0.377 e.